The lowest BCUT2D eigenvalue weighted by Crippen LogP contribution is -2.60. The van der Waals surface area contributed by atoms with Gasteiger partial charge in [-0.15, -0.1) is 0 Å². The third-order valence-corrected chi connectivity index (χ3v) is 5.09. The van der Waals surface area contributed by atoms with Gasteiger partial charge in [0.1, 0.15) is 6.04 Å². The number of rotatable bonds is 4. The quantitative estimate of drug-likeness (QED) is 0.781. The summed E-state index contributed by atoms with van der Waals surface area (Å²) in [5, 5.41) is 12.3. The van der Waals surface area contributed by atoms with Gasteiger partial charge in [-0.2, -0.15) is 11.8 Å². The van der Waals surface area contributed by atoms with Crippen molar-refractivity contribution in [2.75, 3.05) is 18.6 Å². The third kappa shape index (κ3) is 3.40. The van der Waals surface area contributed by atoms with Crippen molar-refractivity contribution in [1.29, 1.82) is 0 Å². The molecule has 0 aromatic heterocycles. The van der Waals surface area contributed by atoms with Crippen molar-refractivity contribution >= 4 is 23.8 Å². The Bertz CT molecular complexity index is 364. The van der Waals surface area contributed by atoms with Gasteiger partial charge in [0.15, 0.2) is 0 Å². The molecule has 6 heteroatoms. The van der Waals surface area contributed by atoms with Crippen molar-refractivity contribution in [3.05, 3.63) is 0 Å². The second kappa shape index (κ2) is 7.20. The average molecular weight is 300 g/mol. The van der Waals surface area contributed by atoms with Crippen LogP contribution < -0.4 is 5.32 Å². The summed E-state index contributed by atoms with van der Waals surface area (Å²) in [5.74, 6) is 0.477. The molecule has 0 radical (unpaired) electrons. The number of carbonyl (C=O) groups excluding carboxylic acids is 1. The Morgan fingerprint density at radius 3 is 2.70 bits per heavy atom. The van der Waals surface area contributed by atoms with Crippen molar-refractivity contribution in [3.8, 4) is 0 Å². The number of likely N-dealkylation sites (tertiary alicyclic amines) is 1. The molecule has 3 unspecified atom stereocenters. The number of amides is 2. The average Bonchev–Trinajstić information content (AvgIpc) is 2.46. The molecule has 1 aliphatic heterocycles. The first-order valence-electron chi connectivity index (χ1n) is 7.43. The molecule has 20 heavy (non-hydrogen) atoms. The topological polar surface area (TPSA) is 69.6 Å². The normalized spacial score (nSPS) is 29.6. The molecule has 2 fully saturated rings. The summed E-state index contributed by atoms with van der Waals surface area (Å²) in [6, 6.07) is -0.723. The van der Waals surface area contributed by atoms with E-state index in [1.54, 1.807) is 16.7 Å². The van der Waals surface area contributed by atoms with Crippen LogP contribution >= 0.6 is 11.8 Å². The van der Waals surface area contributed by atoms with Gasteiger partial charge in [-0.25, -0.2) is 9.59 Å². The number of carbonyl (C=O) groups is 2. The SMILES string of the molecule is CSCCNC(=O)N1C(C(=O)O)CCC2CCCCC21. The molecule has 2 N–H and O–H groups in total. The minimum absolute atomic E-state index is 0.118. The number of hydrogen-bond donors (Lipinski definition) is 2. The van der Waals surface area contributed by atoms with E-state index in [4.69, 9.17) is 0 Å². The minimum Gasteiger partial charge on any atom is -0.480 e. The molecule has 0 aromatic rings. The summed E-state index contributed by atoms with van der Waals surface area (Å²) < 4.78 is 0. The highest BCUT2D eigenvalue weighted by molar-refractivity contribution is 7.98. The summed E-state index contributed by atoms with van der Waals surface area (Å²) in [5.41, 5.74) is 0. The van der Waals surface area contributed by atoms with Gasteiger partial charge in [0.2, 0.25) is 0 Å². The number of carboxylic acid groups (broad SMARTS) is 1. The summed E-state index contributed by atoms with van der Waals surface area (Å²) in [6.07, 6.45) is 7.91. The molecular formula is C14H24N2O3S. The van der Waals surface area contributed by atoms with E-state index in [1.165, 1.54) is 6.42 Å². The molecule has 0 spiro atoms. The van der Waals surface area contributed by atoms with E-state index in [0.717, 1.165) is 31.4 Å². The monoisotopic (exact) mass is 300 g/mol. The molecule has 1 aliphatic carbocycles. The maximum Gasteiger partial charge on any atom is 0.326 e. The molecule has 2 rings (SSSR count). The van der Waals surface area contributed by atoms with Crippen LogP contribution in [-0.2, 0) is 4.79 Å². The molecule has 0 bridgehead atoms. The largest absolute Gasteiger partial charge is 0.480 e. The Kier molecular flexibility index (Phi) is 5.57. The maximum atomic E-state index is 12.4. The van der Waals surface area contributed by atoms with Gasteiger partial charge in [-0.05, 0) is 37.9 Å². The van der Waals surface area contributed by atoms with Gasteiger partial charge in [-0.1, -0.05) is 12.8 Å². The first-order chi connectivity index (χ1) is 9.65. The Balaban J connectivity index is 2.08. The number of nitrogens with one attached hydrogen (secondary N) is 1. The number of thioether (sulfide) groups is 1. The second-order valence-electron chi connectivity index (χ2n) is 5.68. The van der Waals surface area contributed by atoms with Crippen LogP contribution in [0.3, 0.4) is 0 Å². The molecule has 114 valence electrons. The first kappa shape index (κ1) is 15.5. The molecule has 2 aliphatic rings. The molecule has 1 saturated carbocycles. The smallest absolute Gasteiger partial charge is 0.326 e. The molecule has 2 amide bonds. The van der Waals surface area contributed by atoms with Crippen LogP contribution in [-0.4, -0.2) is 52.6 Å². The van der Waals surface area contributed by atoms with Gasteiger partial charge in [0.25, 0.3) is 0 Å². The van der Waals surface area contributed by atoms with E-state index in [-0.39, 0.29) is 12.1 Å². The van der Waals surface area contributed by atoms with E-state index in [1.807, 2.05) is 6.26 Å². The molecule has 1 heterocycles. The lowest BCUT2D eigenvalue weighted by molar-refractivity contribution is -0.145. The van der Waals surface area contributed by atoms with Crippen LogP contribution in [0.25, 0.3) is 0 Å². The van der Waals surface area contributed by atoms with E-state index in [9.17, 15) is 14.7 Å². The van der Waals surface area contributed by atoms with Crippen LogP contribution in [0, 0.1) is 5.92 Å². The van der Waals surface area contributed by atoms with E-state index < -0.39 is 12.0 Å². The predicted octanol–water partition coefficient (Wildman–Crippen LogP) is 2.17. The lowest BCUT2D eigenvalue weighted by Gasteiger charge is -2.46. The third-order valence-electron chi connectivity index (χ3n) is 4.47. The van der Waals surface area contributed by atoms with Crippen molar-refractivity contribution < 1.29 is 14.7 Å². The number of urea groups is 1. The molecule has 0 aromatic carbocycles. The van der Waals surface area contributed by atoms with Crippen LogP contribution in [0.1, 0.15) is 38.5 Å². The van der Waals surface area contributed by atoms with Crippen LogP contribution in [0.5, 0.6) is 0 Å². The molecule has 1 saturated heterocycles. The number of aliphatic carboxylic acids is 1. The maximum absolute atomic E-state index is 12.4. The number of carboxylic acids is 1. The van der Waals surface area contributed by atoms with Gasteiger partial charge in [0, 0.05) is 18.3 Å². The van der Waals surface area contributed by atoms with Crippen molar-refractivity contribution in [2.24, 2.45) is 5.92 Å². The number of hydrogen-bond acceptors (Lipinski definition) is 3. The Morgan fingerprint density at radius 2 is 2.00 bits per heavy atom. The lowest BCUT2D eigenvalue weighted by atomic mass is 9.76. The fourth-order valence-electron chi connectivity index (χ4n) is 3.52. The molecule has 3 atom stereocenters. The Morgan fingerprint density at radius 1 is 1.25 bits per heavy atom. The van der Waals surface area contributed by atoms with E-state index in [0.29, 0.717) is 18.9 Å². The van der Waals surface area contributed by atoms with Crippen LogP contribution in [0.2, 0.25) is 0 Å². The highest BCUT2D eigenvalue weighted by atomic mass is 32.2. The van der Waals surface area contributed by atoms with Gasteiger partial charge in [-0.3, -0.25) is 0 Å². The van der Waals surface area contributed by atoms with Gasteiger partial charge in [0.05, 0.1) is 0 Å². The number of piperidine rings is 1. The van der Waals surface area contributed by atoms with Gasteiger partial charge >= 0.3 is 12.0 Å². The summed E-state index contributed by atoms with van der Waals surface area (Å²) in [4.78, 5) is 25.5. The summed E-state index contributed by atoms with van der Waals surface area (Å²) in [7, 11) is 0. The number of nitrogens with zero attached hydrogens (tertiary/aromatic N) is 1. The summed E-state index contributed by atoms with van der Waals surface area (Å²) in [6.45, 7) is 0.597. The summed E-state index contributed by atoms with van der Waals surface area (Å²) >= 11 is 1.67. The van der Waals surface area contributed by atoms with Crippen molar-refractivity contribution in [2.45, 2.75) is 50.6 Å². The zero-order valence-corrected chi connectivity index (χ0v) is 12.8. The van der Waals surface area contributed by atoms with E-state index in [2.05, 4.69) is 5.32 Å². The first-order valence-corrected chi connectivity index (χ1v) is 8.82. The van der Waals surface area contributed by atoms with Crippen molar-refractivity contribution in [1.82, 2.24) is 10.2 Å². The highest BCUT2D eigenvalue weighted by Crippen LogP contribution is 2.37. The van der Waals surface area contributed by atoms with Gasteiger partial charge < -0.3 is 15.3 Å². The zero-order chi connectivity index (χ0) is 14.5. The van der Waals surface area contributed by atoms with Crippen LogP contribution in [0.4, 0.5) is 4.79 Å². The van der Waals surface area contributed by atoms with Crippen molar-refractivity contribution in [3.63, 3.8) is 0 Å². The van der Waals surface area contributed by atoms with Crippen LogP contribution in [0.15, 0.2) is 0 Å². The minimum atomic E-state index is -0.867. The highest BCUT2D eigenvalue weighted by Gasteiger charge is 2.43. The molecule has 5 nitrogen and oxygen atoms in total. The second-order valence-corrected chi connectivity index (χ2v) is 6.66. The van der Waals surface area contributed by atoms with E-state index >= 15 is 0 Å². The number of fused-ring (bicyclic) bond motifs is 1. The zero-order valence-electron chi connectivity index (χ0n) is 12.0. The predicted molar refractivity (Wildman–Crippen MR) is 80.0 cm³/mol. The molecular weight excluding hydrogens is 276 g/mol. The standard InChI is InChI=1S/C14H24N2O3S/c1-20-9-8-15-14(19)16-11-5-3-2-4-10(11)6-7-12(16)13(17)18/h10-12H,2-9H2,1H3,(H,15,19)(H,17,18). The Labute approximate surface area is 124 Å². The Hall–Kier alpha value is -0.910. The fraction of sp³-hybridized carbons (Fsp3) is 0.857. The fourth-order valence-corrected chi connectivity index (χ4v) is 3.83.